The lowest BCUT2D eigenvalue weighted by Gasteiger charge is -2.21. The fourth-order valence-corrected chi connectivity index (χ4v) is 2.77. The molecule has 5 nitrogen and oxygen atoms in total. The second-order valence-corrected chi connectivity index (χ2v) is 6.57. The second kappa shape index (κ2) is 8.43. The zero-order valence-electron chi connectivity index (χ0n) is 15.5. The zero-order chi connectivity index (χ0) is 18.4. The van der Waals surface area contributed by atoms with Crippen LogP contribution in [0, 0.1) is 5.92 Å². The van der Waals surface area contributed by atoms with Crippen molar-refractivity contribution in [3.05, 3.63) is 60.7 Å². The first-order valence-corrected chi connectivity index (χ1v) is 9.06. The van der Waals surface area contributed by atoms with Gasteiger partial charge in [-0.05, 0) is 24.5 Å². The number of hydrogen-bond donors (Lipinski definition) is 2. The highest BCUT2D eigenvalue weighted by Crippen LogP contribution is 2.21. The summed E-state index contributed by atoms with van der Waals surface area (Å²) in [5.74, 6) is 2.27. The topological polar surface area (TPSA) is 62.7 Å². The Morgan fingerprint density at radius 1 is 0.808 bits per heavy atom. The van der Waals surface area contributed by atoms with Crippen LogP contribution in [0.4, 0.5) is 17.6 Å². The van der Waals surface area contributed by atoms with Gasteiger partial charge in [0.05, 0.1) is 0 Å². The van der Waals surface area contributed by atoms with Gasteiger partial charge in [0.15, 0.2) is 5.82 Å². The van der Waals surface area contributed by atoms with Gasteiger partial charge in [-0.3, -0.25) is 0 Å². The van der Waals surface area contributed by atoms with Crippen molar-refractivity contribution in [2.24, 2.45) is 5.92 Å². The molecule has 1 heterocycles. The molecule has 2 N–H and O–H groups in total. The average Bonchev–Trinajstić information content (AvgIpc) is 2.67. The van der Waals surface area contributed by atoms with Gasteiger partial charge in [-0.25, -0.2) is 0 Å². The Morgan fingerprint density at radius 2 is 1.42 bits per heavy atom. The fraction of sp³-hybridized carbons (Fsp3) is 0.286. The van der Waals surface area contributed by atoms with Gasteiger partial charge in [-0.2, -0.15) is 15.0 Å². The fourth-order valence-electron chi connectivity index (χ4n) is 2.77. The lowest BCUT2D eigenvalue weighted by Crippen LogP contribution is -2.26. The van der Waals surface area contributed by atoms with E-state index in [1.807, 2.05) is 60.7 Å². The van der Waals surface area contributed by atoms with Crippen molar-refractivity contribution in [2.45, 2.75) is 33.2 Å². The first-order valence-electron chi connectivity index (χ1n) is 9.06. The summed E-state index contributed by atoms with van der Waals surface area (Å²) in [5, 5.41) is 6.73. The lowest BCUT2D eigenvalue weighted by atomic mass is 10.0. The van der Waals surface area contributed by atoms with Gasteiger partial charge in [0, 0.05) is 17.3 Å². The molecule has 2 aromatic carbocycles. The van der Waals surface area contributed by atoms with E-state index >= 15 is 0 Å². The Kier molecular flexibility index (Phi) is 5.79. The lowest BCUT2D eigenvalue weighted by molar-refractivity contribution is 0.508. The maximum atomic E-state index is 4.64. The van der Waals surface area contributed by atoms with Crippen LogP contribution >= 0.6 is 0 Å². The van der Waals surface area contributed by atoms with E-state index in [2.05, 4.69) is 46.4 Å². The molecule has 26 heavy (non-hydrogen) atoms. The van der Waals surface area contributed by atoms with E-state index in [1.165, 1.54) is 0 Å². The van der Waals surface area contributed by atoms with E-state index in [1.54, 1.807) is 0 Å². The number of nitrogens with zero attached hydrogens (tertiary/aromatic N) is 3. The molecule has 1 atom stereocenters. The highest BCUT2D eigenvalue weighted by molar-refractivity contribution is 5.60. The number of aromatic nitrogens is 3. The summed E-state index contributed by atoms with van der Waals surface area (Å²) in [4.78, 5) is 13.8. The van der Waals surface area contributed by atoms with Gasteiger partial charge in [0.1, 0.15) is 0 Å². The summed E-state index contributed by atoms with van der Waals surface area (Å²) >= 11 is 0. The molecule has 0 spiro atoms. The summed E-state index contributed by atoms with van der Waals surface area (Å²) < 4.78 is 0. The normalized spacial score (nSPS) is 12.0. The molecular formula is C21H25N5. The first kappa shape index (κ1) is 17.9. The Balaban J connectivity index is 1.96. The van der Waals surface area contributed by atoms with Gasteiger partial charge < -0.3 is 10.6 Å². The minimum Gasteiger partial charge on any atom is -0.351 e. The van der Waals surface area contributed by atoms with Crippen LogP contribution in [-0.4, -0.2) is 21.0 Å². The Morgan fingerprint density at radius 3 is 2.04 bits per heavy atom. The Hall–Kier alpha value is -2.95. The average molecular weight is 347 g/mol. The summed E-state index contributed by atoms with van der Waals surface area (Å²) in [7, 11) is 0. The maximum Gasteiger partial charge on any atom is 0.232 e. The number of benzene rings is 2. The third kappa shape index (κ3) is 4.57. The summed E-state index contributed by atoms with van der Waals surface area (Å²) in [6.07, 6.45) is 1.01. The quantitative estimate of drug-likeness (QED) is 0.620. The van der Waals surface area contributed by atoms with Gasteiger partial charge in [-0.15, -0.1) is 0 Å². The molecule has 134 valence electrons. The number of nitrogens with one attached hydrogen (secondary N) is 2. The molecule has 0 aliphatic rings. The molecule has 0 aliphatic carbocycles. The number of rotatable bonds is 7. The summed E-state index contributed by atoms with van der Waals surface area (Å²) in [6.45, 7) is 6.56. The summed E-state index contributed by atoms with van der Waals surface area (Å²) in [6, 6.07) is 20.2. The van der Waals surface area contributed by atoms with Crippen molar-refractivity contribution in [3.8, 4) is 11.4 Å². The predicted molar refractivity (Wildman–Crippen MR) is 108 cm³/mol. The van der Waals surface area contributed by atoms with Gasteiger partial charge in [0.25, 0.3) is 0 Å². The molecule has 1 aromatic heterocycles. The molecule has 0 saturated heterocycles. The van der Waals surface area contributed by atoms with E-state index in [0.717, 1.165) is 17.7 Å². The van der Waals surface area contributed by atoms with E-state index in [9.17, 15) is 0 Å². The Bertz CT molecular complexity index is 818. The molecule has 1 unspecified atom stereocenters. The molecule has 3 aromatic rings. The number of anilines is 3. The maximum absolute atomic E-state index is 4.64. The smallest absolute Gasteiger partial charge is 0.232 e. The van der Waals surface area contributed by atoms with Crippen LogP contribution in [0.5, 0.6) is 0 Å². The van der Waals surface area contributed by atoms with Crippen LogP contribution in [0.25, 0.3) is 11.4 Å². The van der Waals surface area contributed by atoms with Gasteiger partial charge in [-0.1, -0.05) is 69.3 Å². The minimum absolute atomic E-state index is 0.311. The van der Waals surface area contributed by atoms with Crippen molar-refractivity contribution in [2.75, 3.05) is 10.6 Å². The van der Waals surface area contributed by atoms with Crippen molar-refractivity contribution in [3.63, 3.8) is 0 Å². The van der Waals surface area contributed by atoms with E-state index in [4.69, 9.17) is 0 Å². The third-order valence-corrected chi connectivity index (χ3v) is 4.26. The minimum atomic E-state index is 0.311. The monoisotopic (exact) mass is 347 g/mol. The van der Waals surface area contributed by atoms with Crippen LogP contribution < -0.4 is 10.6 Å². The second-order valence-electron chi connectivity index (χ2n) is 6.57. The van der Waals surface area contributed by atoms with E-state index in [0.29, 0.717) is 29.7 Å². The molecule has 0 fully saturated rings. The van der Waals surface area contributed by atoms with Crippen LogP contribution in [-0.2, 0) is 0 Å². The van der Waals surface area contributed by atoms with Gasteiger partial charge in [0.2, 0.25) is 11.9 Å². The summed E-state index contributed by atoms with van der Waals surface area (Å²) in [5.41, 5.74) is 1.91. The van der Waals surface area contributed by atoms with Crippen molar-refractivity contribution >= 4 is 17.6 Å². The van der Waals surface area contributed by atoms with Crippen LogP contribution in [0.15, 0.2) is 60.7 Å². The largest absolute Gasteiger partial charge is 0.351 e. The van der Waals surface area contributed by atoms with Crippen molar-refractivity contribution < 1.29 is 0 Å². The third-order valence-electron chi connectivity index (χ3n) is 4.26. The van der Waals surface area contributed by atoms with E-state index < -0.39 is 0 Å². The molecule has 0 saturated carbocycles. The van der Waals surface area contributed by atoms with Gasteiger partial charge >= 0.3 is 0 Å². The van der Waals surface area contributed by atoms with Crippen molar-refractivity contribution in [1.29, 1.82) is 0 Å². The molecular weight excluding hydrogens is 322 g/mol. The van der Waals surface area contributed by atoms with Crippen LogP contribution in [0.3, 0.4) is 0 Å². The number of para-hydroxylation sites is 1. The van der Waals surface area contributed by atoms with Crippen LogP contribution in [0.2, 0.25) is 0 Å². The molecule has 0 bridgehead atoms. The van der Waals surface area contributed by atoms with E-state index in [-0.39, 0.29) is 0 Å². The highest BCUT2D eigenvalue weighted by atomic mass is 15.2. The molecule has 0 amide bonds. The molecule has 5 heteroatoms. The molecule has 0 aliphatic heterocycles. The molecule has 3 rings (SSSR count). The van der Waals surface area contributed by atoms with Crippen LogP contribution in [0.1, 0.15) is 27.2 Å². The standard InChI is InChI=1S/C21H25N5/c1-4-18(15(2)3)23-21-25-19(16-11-7-5-8-12-16)24-20(26-21)22-17-13-9-6-10-14-17/h5-15,18H,4H2,1-3H3,(H2,22,23,24,25,26). The highest BCUT2D eigenvalue weighted by Gasteiger charge is 2.15. The van der Waals surface area contributed by atoms with Crippen molar-refractivity contribution in [1.82, 2.24) is 15.0 Å². The first-order chi connectivity index (χ1) is 12.7. The predicted octanol–water partition coefficient (Wildman–Crippen LogP) is 5.13. The zero-order valence-corrected chi connectivity index (χ0v) is 15.5. The Labute approximate surface area is 154 Å². The molecule has 0 radical (unpaired) electrons. The number of hydrogen-bond acceptors (Lipinski definition) is 5. The SMILES string of the molecule is CCC(Nc1nc(Nc2ccccc2)nc(-c2ccccc2)n1)C(C)C.